The molecule has 0 saturated carbocycles. The number of aliphatic carboxylic acids is 1. The van der Waals surface area contributed by atoms with Gasteiger partial charge in [-0.05, 0) is 6.08 Å². The summed E-state index contributed by atoms with van der Waals surface area (Å²) in [6, 6.07) is 0. The molecule has 9 nitrogen and oxygen atoms in total. The summed E-state index contributed by atoms with van der Waals surface area (Å²) >= 11 is 0. The topological polar surface area (TPSA) is 142 Å². The molecular formula is C12H13FN2O7. The summed E-state index contributed by atoms with van der Waals surface area (Å²) in [6.45, 7) is -0.691. The number of hydrogen-bond acceptors (Lipinski definition) is 6. The van der Waals surface area contributed by atoms with Crippen molar-refractivity contribution < 1.29 is 29.2 Å². The molecule has 0 bridgehead atoms. The average molecular weight is 316 g/mol. The number of carbonyl (C=O) groups is 1. The molecule has 1 saturated heterocycles. The van der Waals surface area contributed by atoms with Crippen molar-refractivity contribution in [3.8, 4) is 0 Å². The van der Waals surface area contributed by atoms with Crippen molar-refractivity contribution in [2.45, 2.75) is 24.6 Å². The molecule has 1 aromatic heterocycles. The molecule has 1 aliphatic heterocycles. The van der Waals surface area contributed by atoms with Crippen molar-refractivity contribution in [1.82, 2.24) is 9.55 Å². The van der Waals surface area contributed by atoms with E-state index in [1.165, 1.54) is 0 Å². The number of nitrogens with one attached hydrogen (secondary N) is 1. The maximum atomic E-state index is 14.0. The quantitative estimate of drug-likeness (QED) is 0.481. The summed E-state index contributed by atoms with van der Waals surface area (Å²) in [5.41, 5.74) is -2.18. The van der Waals surface area contributed by atoms with Crippen molar-refractivity contribution in [1.29, 1.82) is 0 Å². The normalized spacial score (nSPS) is 28.3. The maximum absolute atomic E-state index is 14.0. The first-order valence-corrected chi connectivity index (χ1v) is 6.20. The van der Waals surface area contributed by atoms with Crippen LogP contribution in [0.25, 0.3) is 6.08 Å². The molecular weight excluding hydrogens is 303 g/mol. The van der Waals surface area contributed by atoms with E-state index in [4.69, 9.17) is 14.9 Å². The minimum Gasteiger partial charge on any atom is -0.478 e. The highest BCUT2D eigenvalue weighted by Gasteiger charge is 2.46. The minimum atomic E-state index is -2.10. The lowest BCUT2D eigenvalue weighted by atomic mass is 10.1. The van der Waals surface area contributed by atoms with E-state index in [0.717, 1.165) is 12.3 Å². The van der Waals surface area contributed by atoms with Gasteiger partial charge in [0.2, 0.25) is 0 Å². The van der Waals surface area contributed by atoms with Crippen molar-refractivity contribution >= 4 is 12.0 Å². The number of hydrogen-bond donors (Lipinski definition) is 4. The molecule has 22 heavy (non-hydrogen) atoms. The molecule has 0 aliphatic carbocycles. The number of carboxylic acids is 1. The van der Waals surface area contributed by atoms with Crippen LogP contribution in [-0.4, -0.2) is 55.8 Å². The fraction of sp³-hybridized carbons (Fsp3) is 0.417. The molecule has 4 atom stereocenters. The molecule has 10 heteroatoms. The molecule has 0 radical (unpaired) electrons. The number of aliphatic hydroxyl groups excluding tert-OH is 2. The fourth-order valence-electron chi connectivity index (χ4n) is 2.08. The number of aromatic amines is 1. The Hall–Kier alpha value is -2.30. The Balaban J connectivity index is 2.48. The van der Waals surface area contributed by atoms with Crippen LogP contribution < -0.4 is 11.2 Å². The highest BCUT2D eigenvalue weighted by atomic mass is 19.1. The van der Waals surface area contributed by atoms with Crippen LogP contribution in [0.5, 0.6) is 0 Å². The summed E-state index contributed by atoms with van der Waals surface area (Å²) < 4.78 is 19.4. The Morgan fingerprint density at radius 3 is 2.73 bits per heavy atom. The summed E-state index contributed by atoms with van der Waals surface area (Å²) in [5.74, 6) is -1.31. The Kier molecular flexibility index (Phi) is 4.54. The lowest BCUT2D eigenvalue weighted by molar-refractivity contribution is -0.131. The van der Waals surface area contributed by atoms with Gasteiger partial charge in [0.05, 0.1) is 12.2 Å². The van der Waals surface area contributed by atoms with E-state index < -0.39 is 48.4 Å². The molecule has 0 amide bonds. The van der Waals surface area contributed by atoms with Gasteiger partial charge >= 0.3 is 11.7 Å². The van der Waals surface area contributed by atoms with E-state index in [1.54, 1.807) is 0 Å². The highest BCUT2D eigenvalue weighted by Crippen LogP contribution is 2.29. The predicted molar refractivity (Wildman–Crippen MR) is 69.9 cm³/mol. The summed E-state index contributed by atoms with van der Waals surface area (Å²) in [4.78, 5) is 36.5. The zero-order chi connectivity index (χ0) is 16.4. The number of halogens is 1. The van der Waals surface area contributed by atoms with Gasteiger partial charge < -0.3 is 25.0 Å². The predicted octanol–water partition coefficient (Wildman–Crippen LogP) is -1.78. The van der Waals surface area contributed by atoms with Crippen LogP contribution in [-0.2, 0) is 9.53 Å². The molecule has 0 aromatic carbocycles. The van der Waals surface area contributed by atoms with Crippen LogP contribution in [0.4, 0.5) is 4.39 Å². The molecule has 2 heterocycles. The smallest absolute Gasteiger partial charge is 0.330 e. The van der Waals surface area contributed by atoms with Gasteiger partial charge in [-0.25, -0.2) is 18.5 Å². The number of nitrogens with zero attached hydrogens (tertiary/aromatic N) is 1. The van der Waals surface area contributed by atoms with Crippen LogP contribution >= 0.6 is 0 Å². The average Bonchev–Trinajstić information content (AvgIpc) is 2.74. The first-order chi connectivity index (χ1) is 10.4. The number of rotatable bonds is 4. The van der Waals surface area contributed by atoms with Gasteiger partial charge in [-0.3, -0.25) is 4.79 Å². The van der Waals surface area contributed by atoms with Crippen molar-refractivity contribution in [2.24, 2.45) is 0 Å². The number of alkyl halides is 1. The summed E-state index contributed by atoms with van der Waals surface area (Å²) in [7, 11) is 0. The number of aromatic nitrogens is 2. The summed E-state index contributed by atoms with van der Waals surface area (Å²) in [5, 5.41) is 27.0. The third kappa shape index (κ3) is 2.84. The van der Waals surface area contributed by atoms with Crippen molar-refractivity contribution in [3.05, 3.63) is 38.7 Å². The molecule has 0 unspecified atom stereocenters. The second-order valence-corrected chi connectivity index (χ2v) is 4.58. The Labute approximate surface area is 121 Å². The lowest BCUT2D eigenvalue weighted by Crippen LogP contribution is -2.42. The van der Waals surface area contributed by atoms with E-state index in [1.807, 2.05) is 0 Å². The lowest BCUT2D eigenvalue weighted by Gasteiger charge is -2.15. The van der Waals surface area contributed by atoms with Gasteiger partial charge in [-0.2, -0.15) is 0 Å². The number of ether oxygens (including phenoxy) is 1. The van der Waals surface area contributed by atoms with E-state index >= 15 is 0 Å². The number of carboxylic acid groups (broad SMARTS) is 1. The van der Waals surface area contributed by atoms with E-state index in [-0.39, 0.29) is 5.56 Å². The van der Waals surface area contributed by atoms with Crippen LogP contribution in [0.2, 0.25) is 0 Å². The van der Waals surface area contributed by atoms with Crippen molar-refractivity contribution in [3.63, 3.8) is 0 Å². The Morgan fingerprint density at radius 1 is 1.50 bits per heavy atom. The second kappa shape index (κ2) is 6.22. The Bertz CT molecular complexity index is 710. The standard InChI is InChI=1S/C12H13FN2O7/c13-8-9(19)6(4-16)22-11(8)15-10(20)5(1-2-7(17)18)3-14-12(15)21/h1-3,6,8-9,11,16,19H,4H2,(H,14,21)(H,17,18)/b2-1+/t6-,8+,9-,11-/m0/s1. The first-order valence-electron chi connectivity index (χ1n) is 6.20. The second-order valence-electron chi connectivity index (χ2n) is 4.58. The van der Waals surface area contributed by atoms with Crippen LogP contribution in [0.1, 0.15) is 11.8 Å². The third-order valence-electron chi connectivity index (χ3n) is 3.17. The van der Waals surface area contributed by atoms with E-state index in [0.29, 0.717) is 10.6 Å². The van der Waals surface area contributed by atoms with Gasteiger partial charge in [-0.1, -0.05) is 0 Å². The maximum Gasteiger partial charge on any atom is 0.330 e. The SMILES string of the molecule is O=C(O)/C=C/c1c[nH]c(=O)n([C@H]2O[C@@H](CO)[C@H](O)[C@H]2F)c1=O. The van der Waals surface area contributed by atoms with Gasteiger partial charge in [-0.15, -0.1) is 0 Å². The molecule has 4 N–H and O–H groups in total. The fourth-order valence-corrected chi connectivity index (χ4v) is 2.08. The van der Waals surface area contributed by atoms with Gasteiger partial charge in [0.25, 0.3) is 5.56 Å². The number of aliphatic hydroxyl groups is 2. The highest BCUT2D eigenvalue weighted by molar-refractivity contribution is 5.85. The van der Waals surface area contributed by atoms with Crippen LogP contribution in [0.15, 0.2) is 21.9 Å². The molecule has 1 aromatic rings. The van der Waals surface area contributed by atoms with Crippen molar-refractivity contribution in [2.75, 3.05) is 6.61 Å². The third-order valence-corrected chi connectivity index (χ3v) is 3.17. The zero-order valence-electron chi connectivity index (χ0n) is 11.0. The molecule has 0 spiro atoms. The largest absolute Gasteiger partial charge is 0.478 e. The summed E-state index contributed by atoms with van der Waals surface area (Å²) in [6.07, 6.45) is -4.21. The molecule has 1 fully saturated rings. The number of H-pyrrole nitrogens is 1. The molecule has 2 rings (SSSR count). The van der Waals surface area contributed by atoms with Crippen LogP contribution in [0.3, 0.4) is 0 Å². The first kappa shape index (κ1) is 16.1. The minimum absolute atomic E-state index is 0.209. The van der Waals surface area contributed by atoms with E-state index in [2.05, 4.69) is 4.98 Å². The van der Waals surface area contributed by atoms with E-state index in [9.17, 15) is 23.9 Å². The van der Waals surface area contributed by atoms with Gasteiger partial charge in [0.1, 0.15) is 12.2 Å². The van der Waals surface area contributed by atoms with Gasteiger partial charge in [0, 0.05) is 12.3 Å². The molecule has 1 aliphatic rings. The van der Waals surface area contributed by atoms with Crippen LogP contribution in [0, 0.1) is 0 Å². The molecule has 120 valence electrons. The Morgan fingerprint density at radius 2 is 2.18 bits per heavy atom. The monoisotopic (exact) mass is 316 g/mol. The zero-order valence-corrected chi connectivity index (χ0v) is 11.0. The van der Waals surface area contributed by atoms with Gasteiger partial charge in [0.15, 0.2) is 12.4 Å².